The van der Waals surface area contributed by atoms with Gasteiger partial charge in [0.2, 0.25) is 0 Å². The van der Waals surface area contributed by atoms with Gasteiger partial charge in [-0.25, -0.2) is 0 Å². The average Bonchev–Trinajstić information content (AvgIpc) is 2.45. The Labute approximate surface area is 110 Å². The van der Waals surface area contributed by atoms with E-state index in [4.69, 9.17) is 5.11 Å². The Bertz CT molecular complexity index is 321. The van der Waals surface area contributed by atoms with E-state index in [-0.39, 0.29) is 0 Å². The molecule has 0 bridgehead atoms. The van der Waals surface area contributed by atoms with Crippen molar-refractivity contribution in [2.24, 2.45) is 0 Å². The number of hydrogen-bond acceptors (Lipinski definition) is 3. The summed E-state index contributed by atoms with van der Waals surface area (Å²) in [6.07, 6.45) is 2.06. The zero-order valence-corrected chi connectivity index (χ0v) is 11.1. The number of rotatable bonds is 6. The van der Waals surface area contributed by atoms with Crippen LogP contribution in [0.15, 0.2) is 30.3 Å². The molecule has 18 heavy (non-hydrogen) atoms. The summed E-state index contributed by atoms with van der Waals surface area (Å²) >= 11 is 0. The van der Waals surface area contributed by atoms with Gasteiger partial charge in [0.05, 0.1) is 0 Å². The monoisotopic (exact) mass is 248 g/mol. The quantitative estimate of drug-likeness (QED) is 0.820. The molecular weight excluding hydrogens is 224 g/mol. The highest BCUT2D eigenvalue weighted by molar-refractivity contribution is 5.14. The van der Waals surface area contributed by atoms with Crippen LogP contribution in [0.3, 0.4) is 0 Å². The SMILES string of the molecule is OCCCN1CCN(CCc2ccccc2)CC1. The Kier molecular flexibility index (Phi) is 5.65. The summed E-state index contributed by atoms with van der Waals surface area (Å²) in [5, 5.41) is 8.82. The van der Waals surface area contributed by atoms with Crippen LogP contribution < -0.4 is 0 Å². The molecule has 3 nitrogen and oxygen atoms in total. The fourth-order valence-corrected chi connectivity index (χ4v) is 2.46. The van der Waals surface area contributed by atoms with Crippen molar-refractivity contribution in [3.05, 3.63) is 35.9 Å². The lowest BCUT2D eigenvalue weighted by molar-refractivity contribution is 0.125. The summed E-state index contributed by atoms with van der Waals surface area (Å²) < 4.78 is 0. The third-order valence-corrected chi connectivity index (χ3v) is 3.66. The third-order valence-electron chi connectivity index (χ3n) is 3.66. The molecule has 1 fully saturated rings. The Morgan fingerprint density at radius 2 is 1.50 bits per heavy atom. The first-order chi connectivity index (χ1) is 8.88. The first-order valence-electron chi connectivity index (χ1n) is 6.98. The second-order valence-corrected chi connectivity index (χ2v) is 5.00. The fraction of sp³-hybridized carbons (Fsp3) is 0.600. The van der Waals surface area contributed by atoms with Gasteiger partial charge in [-0.1, -0.05) is 30.3 Å². The Hall–Kier alpha value is -0.900. The Balaban J connectivity index is 1.65. The van der Waals surface area contributed by atoms with Gasteiger partial charge in [-0.05, 0) is 18.4 Å². The fourth-order valence-electron chi connectivity index (χ4n) is 2.46. The van der Waals surface area contributed by atoms with Crippen LogP contribution >= 0.6 is 0 Å². The van der Waals surface area contributed by atoms with E-state index in [1.807, 2.05) is 0 Å². The molecule has 100 valence electrons. The van der Waals surface area contributed by atoms with Gasteiger partial charge in [0.1, 0.15) is 0 Å². The van der Waals surface area contributed by atoms with E-state index in [9.17, 15) is 0 Å². The normalized spacial score (nSPS) is 18.1. The molecule has 0 aliphatic carbocycles. The van der Waals surface area contributed by atoms with Crippen LogP contribution in [0.25, 0.3) is 0 Å². The maximum absolute atomic E-state index is 8.82. The number of benzene rings is 1. The van der Waals surface area contributed by atoms with Crippen molar-refractivity contribution >= 4 is 0 Å². The molecule has 0 radical (unpaired) electrons. The molecule has 0 spiro atoms. The second-order valence-electron chi connectivity index (χ2n) is 5.00. The molecule has 0 amide bonds. The van der Waals surface area contributed by atoms with E-state index < -0.39 is 0 Å². The molecule has 0 unspecified atom stereocenters. The van der Waals surface area contributed by atoms with Crippen molar-refractivity contribution in [2.75, 3.05) is 45.9 Å². The Morgan fingerprint density at radius 3 is 2.11 bits per heavy atom. The van der Waals surface area contributed by atoms with Crippen molar-refractivity contribution in [1.29, 1.82) is 0 Å². The van der Waals surface area contributed by atoms with Gasteiger partial charge in [-0.3, -0.25) is 0 Å². The molecule has 1 aliphatic heterocycles. The number of nitrogens with zero attached hydrogens (tertiary/aromatic N) is 2. The molecule has 1 N–H and O–H groups in total. The third kappa shape index (κ3) is 4.41. The standard InChI is InChI=1S/C15H24N2O/c18-14-4-8-16-10-12-17(13-11-16)9-7-15-5-2-1-3-6-15/h1-3,5-6,18H,4,7-14H2. The van der Waals surface area contributed by atoms with Crippen LogP contribution in [0.4, 0.5) is 0 Å². The number of hydrogen-bond donors (Lipinski definition) is 1. The van der Waals surface area contributed by atoms with Crippen molar-refractivity contribution in [1.82, 2.24) is 9.80 Å². The predicted octanol–water partition coefficient (Wildman–Crippen LogP) is 1.23. The van der Waals surface area contributed by atoms with E-state index in [0.29, 0.717) is 6.61 Å². The van der Waals surface area contributed by atoms with E-state index >= 15 is 0 Å². The summed E-state index contributed by atoms with van der Waals surface area (Å²) in [5.74, 6) is 0. The minimum Gasteiger partial charge on any atom is -0.396 e. The smallest absolute Gasteiger partial charge is 0.0443 e. The van der Waals surface area contributed by atoms with Crippen molar-refractivity contribution in [3.63, 3.8) is 0 Å². The van der Waals surface area contributed by atoms with Gasteiger partial charge in [0, 0.05) is 45.9 Å². The van der Waals surface area contributed by atoms with Gasteiger partial charge in [-0.2, -0.15) is 0 Å². The Morgan fingerprint density at radius 1 is 0.889 bits per heavy atom. The van der Waals surface area contributed by atoms with Crippen LogP contribution in [-0.2, 0) is 6.42 Å². The van der Waals surface area contributed by atoms with Crippen LogP contribution in [0.1, 0.15) is 12.0 Å². The summed E-state index contributed by atoms with van der Waals surface area (Å²) in [6, 6.07) is 10.7. The molecule has 1 aromatic carbocycles. The van der Waals surface area contributed by atoms with Crippen LogP contribution in [0, 0.1) is 0 Å². The molecule has 0 atom stereocenters. The summed E-state index contributed by atoms with van der Waals surface area (Å²) in [5.41, 5.74) is 1.43. The molecule has 1 aliphatic rings. The second kappa shape index (κ2) is 7.52. The zero-order valence-electron chi connectivity index (χ0n) is 11.1. The topological polar surface area (TPSA) is 26.7 Å². The van der Waals surface area contributed by atoms with Crippen LogP contribution in [0.5, 0.6) is 0 Å². The molecule has 1 heterocycles. The molecule has 3 heteroatoms. The van der Waals surface area contributed by atoms with E-state index in [1.54, 1.807) is 0 Å². The maximum Gasteiger partial charge on any atom is 0.0443 e. The highest BCUT2D eigenvalue weighted by atomic mass is 16.3. The summed E-state index contributed by atoms with van der Waals surface area (Å²) in [6.45, 7) is 7.15. The number of aliphatic hydroxyl groups is 1. The first kappa shape index (κ1) is 13.5. The first-order valence-corrected chi connectivity index (χ1v) is 6.98. The minimum atomic E-state index is 0.314. The van der Waals surface area contributed by atoms with Crippen molar-refractivity contribution in [3.8, 4) is 0 Å². The molecule has 2 rings (SSSR count). The number of aliphatic hydroxyl groups excluding tert-OH is 1. The molecule has 0 saturated carbocycles. The summed E-state index contributed by atoms with van der Waals surface area (Å²) in [7, 11) is 0. The maximum atomic E-state index is 8.82. The molecule has 0 aromatic heterocycles. The van der Waals surface area contributed by atoms with Crippen LogP contribution in [-0.4, -0.2) is 60.8 Å². The molecule has 1 aromatic rings. The van der Waals surface area contributed by atoms with E-state index in [1.165, 1.54) is 5.56 Å². The molecular formula is C15H24N2O. The largest absolute Gasteiger partial charge is 0.396 e. The summed E-state index contributed by atoms with van der Waals surface area (Å²) in [4.78, 5) is 5.00. The van der Waals surface area contributed by atoms with Gasteiger partial charge < -0.3 is 14.9 Å². The van der Waals surface area contributed by atoms with E-state index in [2.05, 4.69) is 40.1 Å². The van der Waals surface area contributed by atoms with Gasteiger partial charge >= 0.3 is 0 Å². The van der Waals surface area contributed by atoms with Crippen molar-refractivity contribution < 1.29 is 5.11 Å². The van der Waals surface area contributed by atoms with Crippen molar-refractivity contribution in [2.45, 2.75) is 12.8 Å². The highest BCUT2D eigenvalue weighted by Gasteiger charge is 2.15. The van der Waals surface area contributed by atoms with E-state index in [0.717, 1.165) is 52.1 Å². The predicted molar refractivity (Wildman–Crippen MR) is 74.7 cm³/mol. The lowest BCUT2D eigenvalue weighted by atomic mass is 10.1. The zero-order chi connectivity index (χ0) is 12.6. The van der Waals surface area contributed by atoms with Gasteiger partial charge in [-0.15, -0.1) is 0 Å². The lowest BCUT2D eigenvalue weighted by Crippen LogP contribution is -2.47. The van der Waals surface area contributed by atoms with Crippen LogP contribution in [0.2, 0.25) is 0 Å². The lowest BCUT2D eigenvalue weighted by Gasteiger charge is -2.34. The highest BCUT2D eigenvalue weighted by Crippen LogP contribution is 2.05. The minimum absolute atomic E-state index is 0.314. The average molecular weight is 248 g/mol. The number of piperazine rings is 1. The molecule has 1 saturated heterocycles. The van der Waals surface area contributed by atoms with Gasteiger partial charge in [0.15, 0.2) is 0 Å². The van der Waals surface area contributed by atoms with Gasteiger partial charge in [0.25, 0.3) is 0 Å².